The largest absolute Gasteiger partial charge is 0.481 e. The van der Waals surface area contributed by atoms with Gasteiger partial charge < -0.3 is 15.0 Å². The molecule has 1 aromatic rings. The summed E-state index contributed by atoms with van der Waals surface area (Å²) in [4.78, 5) is 30.0. The third-order valence-electron chi connectivity index (χ3n) is 3.51. The second-order valence-electron chi connectivity index (χ2n) is 5.13. The van der Waals surface area contributed by atoms with E-state index in [2.05, 4.69) is 10.3 Å². The molecule has 1 fully saturated rings. The summed E-state index contributed by atoms with van der Waals surface area (Å²) in [5.74, 6) is 0.470. The zero-order valence-corrected chi connectivity index (χ0v) is 12.5. The Bertz CT molecular complexity index is 501. The van der Waals surface area contributed by atoms with Crippen LogP contribution in [-0.2, 0) is 16.1 Å². The lowest BCUT2D eigenvalue weighted by Gasteiger charge is -2.23. The van der Waals surface area contributed by atoms with Crippen molar-refractivity contribution in [1.29, 1.82) is 0 Å². The summed E-state index contributed by atoms with van der Waals surface area (Å²) in [7, 11) is 1.56. The van der Waals surface area contributed by atoms with E-state index in [4.69, 9.17) is 4.74 Å². The number of pyridine rings is 1. The van der Waals surface area contributed by atoms with Crippen LogP contribution in [0.3, 0.4) is 0 Å². The van der Waals surface area contributed by atoms with Gasteiger partial charge in [-0.3, -0.25) is 9.59 Å². The predicted octanol–water partition coefficient (Wildman–Crippen LogP) is 1.11. The highest BCUT2D eigenvalue weighted by atomic mass is 16.5. The van der Waals surface area contributed by atoms with E-state index in [0.717, 1.165) is 12.0 Å². The quantitative estimate of drug-likeness (QED) is 0.882. The van der Waals surface area contributed by atoms with Crippen LogP contribution in [-0.4, -0.2) is 41.4 Å². The van der Waals surface area contributed by atoms with E-state index < -0.39 is 6.04 Å². The fourth-order valence-electron chi connectivity index (χ4n) is 2.38. The summed E-state index contributed by atoms with van der Waals surface area (Å²) in [5, 5.41) is 2.80. The lowest BCUT2D eigenvalue weighted by Crippen LogP contribution is -2.44. The van der Waals surface area contributed by atoms with E-state index in [1.807, 2.05) is 13.0 Å². The number of amides is 2. The number of ether oxygens (including phenoxy) is 1. The Labute approximate surface area is 124 Å². The highest BCUT2D eigenvalue weighted by Crippen LogP contribution is 2.14. The Hall–Kier alpha value is -2.11. The van der Waals surface area contributed by atoms with Crippen molar-refractivity contribution in [2.24, 2.45) is 0 Å². The van der Waals surface area contributed by atoms with Crippen molar-refractivity contribution in [3.63, 3.8) is 0 Å². The summed E-state index contributed by atoms with van der Waals surface area (Å²) < 4.78 is 5.02. The van der Waals surface area contributed by atoms with E-state index >= 15 is 0 Å². The topological polar surface area (TPSA) is 71.5 Å². The smallest absolute Gasteiger partial charge is 0.245 e. The van der Waals surface area contributed by atoms with Crippen LogP contribution in [0.1, 0.15) is 31.7 Å². The molecule has 1 unspecified atom stereocenters. The van der Waals surface area contributed by atoms with Crippen molar-refractivity contribution < 1.29 is 14.3 Å². The van der Waals surface area contributed by atoms with Gasteiger partial charge in [0.1, 0.15) is 6.04 Å². The van der Waals surface area contributed by atoms with E-state index in [-0.39, 0.29) is 11.8 Å². The van der Waals surface area contributed by atoms with Crippen LogP contribution >= 0.6 is 0 Å². The number of nitrogens with zero attached hydrogens (tertiary/aromatic N) is 2. The van der Waals surface area contributed by atoms with Crippen molar-refractivity contribution in [3.05, 3.63) is 23.9 Å². The molecule has 114 valence electrons. The summed E-state index contributed by atoms with van der Waals surface area (Å²) in [6.45, 7) is 2.91. The molecule has 1 aliphatic heterocycles. The number of aromatic nitrogens is 1. The van der Waals surface area contributed by atoms with Crippen LogP contribution in [0.4, 0.5) is 0 Å². The molecular formula is C15H21N3O3. The molecule has 1 aromatic heterocycles. The van der Waals surface area contributed by atoms with Gasteiger partial charge >= 0.3 is 0 Å². The Kier molecular flexibility index (Phi) is 5.14. The van der Waals surface area contributed by atoms with Gasteiger partial charge in [0.05, 0.1) is 7.11 Å². The molecule has 0 bridgehead atoms. The number of hydrogen-bond acceptors (Lipinski definition) is 4. The zero-order valence-electron chi connectivity index (χ0n) is 12.5. The van der Waals surface area contributed by atoms with Crippen LogP contribution in [0.25, 0.3) is 0 Å². The monoisotopic (exact) mass is 291 g/mol. The van der Waals surface area contributed by atoms with Crippen molar-refractivity contribution in [2.45, 2.75) is 38.8 Å². The maximum absolute atomic E-state index is 12.5. The Morgan fingerprint density at radius 3 is 2.86 bits per heavy atom. The van der Waals surface area contributed by atoms with E-state index in [1.165, 1.54) is 0 Å². The van der Waals surface area contributed by atoms with Gasteiger partial charge in [-0.15, -0.1) is 0 Å². The normalized spacial score (nSPS) is 19.1. The van der Waals surface area contributed by atoms with E-state index in [9.17, 15) is 9.59 Å². The van der Waals surface area contributed by atoms with Crippen LogP contribution in [0.2, 0.25) is 0 Å². The molecule has 6 heteroatoms. The average molecular weight is 291 g/mol. The van der Waals surface area contributed by atoms with Crippen molar-refractivity contribution in [1.82, 2.24) is 15.2 Å². The summed E-state index contributed by atoms with van der Waals surface area (Å²) >= 11 is 0. The zero-order chi connectivity index (χ0) is 15.2. The Balaban J connectivity index is 2.08. The lowest BCUT2D eigenvalue weighted by molar-refractivity contribution is -0.134. The second kappa shape index (κ2) is 7.06. The van der Waals surface area contributed by atoms with E-state index in [0.29, 0.717) is 31.8 Å². The van der Waals surface area contributed by atoms with Crippen LogP contribution in [0.15, 0.2) is 18.3 Å². The first-order valence-electron chi connectivity index (χ1n) is 7.21. The van der Waals surface area contributed by atoms with Gasteiger partial charge in [-0.05, 0) is 12.0 Å². The van der Waals surface area contributed by atoms with Gasteiger partial charge in [0, 0.05) is 31.8 Å². The molecule has 1 saturated heterocycles. The molecule has 0 aliphatic carbocycles. The van der Waals surface area contributed by atoms with Crippen molar-refractivity contribution in [3.8, 4) is 5.88 Å². The standard InChI is InChI=1S/C15H21N3O3/c1-3-4-12-15(20)18(8-7-13(19)17-12)10-11-5-6-14(21-2)16-9-11/h5-6,9,12H,3-4,7-8,10H2,1-2H3,(H,17,19). The first-order valence-corrected chi connectivity index (χ1v) is 7.21. The van der Waals surface area contributed by atoms with Gasteiger partial charge in [-0.2, -0.15) is 0 Å². The van der Waals surface area contributed by atoms with Gasteiger partial charge in [0.2, 0.25) is 17.7 Å². The number of carbonyl (C=O) groups is 2. The molecule has 1 atom stereocenters. The first kappa shape index (κ1) is 15.3. The van der Waals surface area contributed by atoms with Crippen LogP contribution in [0.5, 0.6) is 5.88 Å². The maximum Gasteiger partial charge on any atom is 0.245 e. The van der Waals surface area contributed by atoms with Gasteiger partial charge in [0.25, 0.3) is 0 Å². The summed E-state index contributed by atoms with van der Waals surface area (Å²) in [6.07, 6.45) is 3.56. The molecule has 0 aromatic carbocycles. The first-order chi connectivity index (χ1) is 10.1. The number of methoxy groups -OCH3 is 1. The minimum atomic E-state index is -0.406. The summed E-state index contributed by atoms with van der Waals surface area (Å²) in [5.41, 5.74) is 0.925. The Morgan fingerprint density at radius 1 is 1.43 bits per heavy atom. The highest BCUT2D eigenvalue weighted by Gasteiger charge is 2.29. The number of nitrogens with one attached hydrogen (secondary N) is 1. The predicted molar refractivity (Wildman–Crippen MR) is 77.7 cm³/mol. The third kappa shape index (κ3) is 3.93. The fraction of sp³-hybridized carbons (Fsp3) is 0.533. The van der Waals surface area contributed by atoms with Gasteiger partial charge in [-0.1, -0.05) is 19.4 Å². The van der Waals surface area contributed by atoms with Crippen molar-refractivity contribution in [2.75, 3.05) is 13.7 Å². The van der Waals surface area contributed by atoms with Crippen molar-refractivity contribution >= 4 is 11.8 Å². The number of carbonyl (C=O) groups excluding carboxylic acids is 2. The molecule has 1 N–H and O–H groups in total. The molecule has 2 amide bonds. The molecule has 21 heavy (non-hydrogen) atoms. The Morgan fingerprint density at radius 2 is 2.24 bits per heavy atom. The molecule has 0 radical (unpaired) electrons. The van der Waals surface area contributed by atoms with Crippen LogP contribution in [0, 0.1) is 0 Å². The molecule has 1 aliphatic rings. The highest BCUT2D eigenvalue weighted by molar-refractivity contribution is 5.89. The molecular weight excluding hydrogens is 270 g/mol. The molecule has 2 rings (SSSR count). The minimum absolute atomic E-state index is 0.0153. The van der Waals surface area contributed by atoms with Gasteiger partial charge in [0.15, 0.2) is 0 Å². The van der Waals surface area contributed by atoms with Gasteiger partial charge in [-0.25, -0.2) is 4.98 Å². The molecule has 0 spiro atoms. The fourth-order valence-corrected chi connectivity index (χ4v) is 2.38. The number of hydrogen-bond donors (Lipinski definition) is 1. The van der Waals surface area contributed by atoms with Crippen LogP contribution < -0.4 is 10.1 Å². The summed E-state index contributed by atoms with van der Waals surface area (Å²) in [6, 6.07) is 3.25. The molecule has 0 saturated carbocycles. The van der Waals surface area contributed by atoms with E-state index in [1.54, 1.807) is 24.3 Å². The molecule has 2 heterocycles. The third-order valence-corrected chi connectivity index (χ3v) is 3.51. The SMILES string of the molecule is CCCC1NC(=O)CCN(Cc2ccc(OC)nc2)C1=O. The molecule has 6 nitrogen and oxygen atoms in total. The lowest BCUT2D eigenvalue weighted by atomic mass is 10.1. The number of rotatable bonds is 5. The maximum atomic E-state index is 12.5. The minimum Gasteiger partial charge on any atom is -0.481 e. The second-order valence-corrected chi connectivity index (χ2v) is 5.13. The average Bonchev–Trinajstić information content (AvgIpc) is 2.62.